The summed E-state index contributed by atoms with van der Waals surface area (Å²) < 4.78 is 40.9. The average Bonchev–Trinajstić information content (AvgIpc) is 3.44. The van der Waals surface area contributed by atoms with Crippen molar-refractivity contribution in [2.24, 2.45) is 0 Å². The Morgan fingerprint density at radius 3 is 2.85 bits per heavy atom. The second kappa shape index (κ2) is 9.45. The predicted molar refractivity (Wildman–Crippen MR) is 148 cm³/mol. The van der Waals surface area contributed by atoms with Gasteiger partial charge in [-0.05, 0) is 49.9 Å². The molecule has 206 valence electrons. The van der Waals surface area contributed by atoms with E-state index in [2.05, 4.69) is 20.8 Å². The number of alkyl halides is 1. The Labute approximate surface area is 229 Å². The monoisotopic (exact) mass is 546 g/mol. The van der Waals surface area contributed by atoms with E-state index < -0.39 is 23.2 Å². The van der Waals surface area contributed by atoms with Crippen LogP contribution in [0.3, 0.4) is 0 Å². The van der Waals surface area contributed by atoms with Gasteiger partial charge in [0.25, 0.3) is 0 Å². The Kier molecular flexibility index (Phi) is 6.15. The number of halogens is 2. The highest BCUT2D eigenvalue weighted by atomic mass is 19.1. The van der Waals surface area contributed by atoms with Crippen LogP contribution >= 0.6 is 0 Å². The summed E-state index contributed by atoms with van der Waals surface area (Å²) in [6.07, 6.45) is 6.94. The highest BCUT2D eigenvalue weighted by Crippen LogP contribution is 2.41. The van der Waals surface area contributed by atoms with Crippen molar-refractivity contribution in [2.45, 2.75) is 37.9 Å². The fourth-order valence-electron chi connectivity index (χ4n) is 6.25. The van der Waals surface area contributed by atoms with Crippen molar-refractivity contribution in [1.82, 2.24) is 14.9 Å². The fraction of sp³-hybridized carbons (Fsp3) is 0.367. The van der Waals surface area contributed by atoms with Crippen LogP contribution in [0.2, 0.25) is 0 Å². The number of hydrogen-bond donors (Lipinski definition) is 1. The summed E-state index contributed by atoms with van der Waals surface area (Å²) in [7, 11) is 3.47. The first-order valence-corrected chi connectivity index (χ1v) is 13.1. The van der Waals surface area contributed by atoms with E-state index in [4.69, 9.17) is 15.6 Å². The van der Waals surface area contributed by atoms with E-state index in [9.17, 15) is 18.7 Å². The third-order valence-electron chi connectivity index (χ3n) is 8.06. The molecule has 0 bridgehead atoms. The molecule has 0 amide bonds. The van der Waals surface area contributed by atoms with Crippen LogP contribution in [0.1, 0.15) is 30.4 Å². The van der Waals surface area contributed by atoms with Crippen molar-refractivity contribution in [3.63, 3.8) is 0 Å². The highest BCUT2D eigenvalue weighted by molar-refractivity contribution is 6.03. The SMILES string of the molecule is C#Cc1c(F)ccc2cc(O)cc(-c3oc(=O)c4c(N(C)C)nc(OC[C@@]56CCCN5C[C@H](F)C6)nc4c3C)c12. The number of aryl methyl sites for hydroxylation is 1. The molecule has 6 rings (SSSR count). The number of aromatic nitrogens is 2. The topological polar surface area (TPSA) is 91.9 Å². The van der Waals surface area contributed by atoms with Gasteiger partial charge in [0.1, 0.15) is 35.5 Å². The van der Waals surface area contributed by atoms with E-state index in [0.29, 0.717) is 35.1 Å². The molecule has 0 radical (unpaired) electrons. The van der Waals surface area contributed by atoms with Gasteiger partial charge in [-0.1, -0.05) is 12.0 Å². The lowest BCUT2D eigenvalue weighted by atomic mass is 9.95. The average molecular weight is 547 g/mol. The maximum absolute atomic E-state index is 14.7. The number of rotatable bonds is 5. The number of nitrogens with zero attached hydrogens (tertiary/aromatic N) is 4. The van der Waals surface area contributed by atoms with Crippen LogP contribution in [0.15, 0.2) is 33.5 Å². The fourth-order valence-corrected chi connectivity index (χ4v) is 6.25. The van der Waals surface area contributed by atoms with E-state index >= 15 is 0 Å². The van der Waals surface area contributed by atoms with E-state index in [1.807, 2.05) is 0 Å². The molecule has 4 aromatic rings. The summed E-state index contributed by atoms with van der Waals surface area (Å²) in [4.78, 5) is 26.3. The van der Waals surface area contributed by atoms with Gasteiger partial charge >= 0.3 is 11.6 Å². The minimum Gasteiger partial charge on any atom is -0.508 e. The molecule has 40 heavy (non-hydrogen) atoms. The minimum atomic E-state index is -0.900. The molecule has 2 atom stereocenters. The van der Waals surface area contributed by atoms with Crippen molar-refractivity contribution in [1.29, 1.82) is 0 Å². The summed E-state index contributed by atoms with van der Waals surface area (Å²) in [6.45, 7) is 3.16. The molecule has 2 aliphatic rings. The van der Waals surface area contributed by atoms with E-state index in [-0.39, 0.29) is 46.2 Å². The number of phenols is 1. The maximum Gasteiger partial charge on any atom is 0.349 e. The Morgan fingerprint density at radius 2 is 2.10 bits per heavy atom. The Morgan fingerprint density at radius 1 is 1.30 bits per heavy atom. The molecule has 0 spiro atoms. The lowest BCUT2D eigenvalue weighted by Crippen LogP contribution is -2.43. The number of phenolic OH excluding ortho intramolecular Hbond substituents is 1. The number of ether oxygens (including phenoxy) is 1. The predicted octanol–water partition coefficient (Wildman–Crippen LogP) is 4.56. The number of terminal acetylenes is 1. The molecule has 2 aromatic heterocycles. The van der Waals surface area contributed by atoms with E-state index in [1.54, 1.807) is 25.9 Å². The molecular weight excluding hydrogens is 518 g/mol. The molecule has 8 nitrogen and oxygen atoms in total. The lowest BCUT2D eigenvalue weighted by molar-refractivity contribution is 0.107. The van der Waals surface area contributed by atoms with Gasteiger partial charge in [-0.25, -0.2) is 13.6 Å². The number of hydrogen-bond acceptors (Lipinski definition) is 8. The van der Waals surface area contributed by atoms with Gasteiger partial charge < -0.3 is 19.2 Å². The number of aromatic hydroxyl groups is 1. The van der Waals surface area contributed by atoms with Crippen molar-refractivity contribution < 1.29 is 23.0 Å². The van der Waals surface area contributed by atoms with Crippen LogP contribution in [0.25, 0.3) is 33.0 Å². The van der Waals surface area contributed by atoms with E-state index in [0.717, 1.165) is 19.4 Å². The molecule has 10 heteroatoms. The molecule has 2 aromatic carbocycles. The molecule has 1 N–H and O–H groups in total. The molecule has 0 saturated carbocycles. The molecule has 0 unspecified atom stereocenters. The zero-order chi connectivity index (χ0) is 28.3. The first-order valence-electron chi connectivity index (χ1n) is 13.1. The van der Waals surface area contributed by atoms with Crippen LogP contribution in [0.4, 0.5) is 14.6 Å². The van der Waals surface area contributed by atoms with Crippen molar-refractivity contribution in [3.05, 3.63) is 51.6 Å². The van der Waals surface area contributed by atoms with Crippen LogP contribution in [0.5, 0.6) is 11.8 Å². The summed E-state index contributed by atoms with van der Waals surface area (Å²) in [5, 5.41) is 11.4. The van der Waals surface area contributed by atoms with Crippen molar-refractivity contribution in [3.8, 4) is 35.4 Å². The zero-order valence-corrected chi connectivity index (χ0v) is 22.4. The quantitative estimate of drug-likeness (QED) is 0.365. The molecule has 2 aliphatic heterocycles. The largest absolute Gasteiger partial charge is 0.508 e. The van der Waals surface area contributed by atoms with Crippen molar-refractivity contribution >= 4 is 27.5 Å². The highest BCUT2D eigenvalue weighted by Gasteiger charge is 2.49. The Hall–Kier alpha value is -4.23. The normalized spacial score (nSPS) is 20.6. The number of benzene rings is 2. The van der Waals surface area contributed by atoms with Crippen LogP contribution in [-0.2, 0) is 0 Å². The van der Waals surface area contributed by atoms with Gasteiger partial charge in [-0.2, -0.15) is 9.97 Å². The summed E-state index contributed by atoms with van der Waals surface area (Å²) in [5.74, 6) is 2.05. The van der Waals surface area contributed by atoms with Gasteiger partial charge in [-0.15, -0.1) is 6.42 Å². The molecule has 2 fully saturated rings. The van der Waals surface area contributed by atoms with Crippen LogP contribution in [0, 0.1) is 25.1 Å². The molecule has 2 saturated heterocycles. The first kappa shape index (κ1) is 26.0. The first-order chi connectivity index (χ1) is 19.1. The summed E-state index contributed by atoms with van der Waals surface area (Å²) in [6, 6.07) is 5.62. The minimum absolute atomic E-state index is 0.0153. The third kappa shape index (κ3) is 4.04. The molecule has 0 aliphatic carbocycles. The maximum atomic E-state index is 14.7. The van der Waals surface area contributed by atoms with Gasteiger partial charge in [0.15, 0.2) is 5.82 Å². The van der Waals surface area contributed by atoms with Crippen molar-refractivity contribution in [2.75, 3.05) is 38.7 Å². The second-order valence-corrected chi connectivity index (χ2v) is 10.8. The number of fused-ring (bicyclic) bond motifs is 3. The second-order valence-electron chi connectivity index (χ2n) is 10.8. The van der Waals surface area contributed by atoms with Gasteiger partial charge in [0, 0.05) is 43.6 Å². The van der Waals surface area contributed by atoms with Gasteiger partial charge in [-0.3, -0.25) is 4.90 Å². The zero-order valence-electron chi connectivity index (χ0n) is 22.4. The summed E-state index contributed by atoms with van der Waals surface area (Å²) >= 11 is 0. The number of anilines is 1. The molecular formula is C30H28F2N4O4. The smallest absolute Gasteiger partial charge is 0.349 e. The standard InChI is InChI=1S/C30H28F2N4O4/c1-5-20-22(32)8-7-17-11-19(37)12-21(23(17)20)26-16(2)25-24(28(38)40-26)27(35(3)4)34-29(33-25)39-15-30-9-6-10-36(30)14-18(31)13-30/h1,7-8,11-12,18,37H,6,9-10,13-15H2,2-4H3/t18-,30+/m1/s1. The van der Waals surface area contributed by atoms with Crippen LogP contribution < -0.4 is 15.3 Å². The summed E-state index contributed by atoms with van der Waals surface area (Å²) in [5.41, 5.74) is -0.134. The Bertz CT molecular complexity index is 1780. The van der Waals surface area contributed by atoms with Gasteiger partial charge in [0.05, 0.1) is 16.6 Å². The third-order valence-corrected chi connectivity index (χ3v) is 8.06. The molecule has 4 heterocycles. The van der Waals surface area contributed by atoms with Gasteiger partial charge in [0.2, 0.25) is 0 Å². The Balaban J connectivity index is 1.54. The van der Waals surface area contributed by atoms with Crippen LogP contribution in [-0.4, -0.2) is 65.5 Å². The lowest BCUT2D eigenvalue weighted by Gasteiger charge is -2.30. The van der Waals surface area contributed by atoms with E-state index in [1.165, 1.54) is 24.3 Å².